The number of benzene rings is 1. The quantitative estimate of drug-likeness (QED) is 0.753. The zero-order valence-electron chi connectivity index (χ0n) is 11.2. The smallest absolute Gasteiger partial charge is 0.287 e. The van der Waals surface area contributed by atoms with Crippen molar-refractivity contribution in [3.63, 3.8) is 0 Å². The minimum absolute atomic E-state index is 0.0116. The van der Waals surface area contributed by atoms with Crippen LogP contribution in [0.3, 0.4) is 0 Å². The van der Waals surface area contributed by atoms with E-state index in [1.54, 1.807) is 0 Å². The zero-order chi connectivity index (χ0) is 14.4. The number of ketones is 1. The van der Waals surface area contributed by atoms with Gasteiger partial charge in [0.25, 0.3) is 5.91 Å². The summed E-state index contributed by atoms with van der Waals surface area (Å²) in [5.74, 6) is -1.17. The summed E-state index contributed by atoms with van der Waals surface area (Å²) >= 11 is 0. The highest BCUT2D eigenvalue weighted by Crippen LogP contribution is 2.15. The van der Waals surface area contributed by atoms with E-state index in [1.807, 2.05) is 30.3 Å². The monoisotopic (exact) mass is 274 g/mol. The lowest BCUT2D eigenvalue weighted by Crippen LogP contribution is -2.31. The Hall–Kier alpha value is -2.17. The fraction of sp³-hybridized carbons (Fsp3) is 0.400. The lowest BCUT2D eigenvalue weighted by molar-refractivity contribution is -0.138. The van der Waals surface area contributed by atoms with E-state index in [9.17, 15) is 14.4 Å². The van der Waals surface area contributed by atoms with Crippen LogP contribution in [0.4, 0.5) is 0 Å². The van der Waals surface area contributed by atoms with Gasteiger partial charge < -0.3 is 10.6 Å². The molecule has 1 saturated heterocycles. The van der Waals surface area contributed by atoms with Gasteiger partial charge in [0.15, 0.2) is 0 Å². The van der Waals surface area contributed by atoms with E-state index < -0.39 is 11.7 Å². The number of rotatable bonds is 6. The van der Waals surface area contributed by atoms with Crippen molar-refractivity contribution in [1.29, 1.82) is 0 Å². The van der Waals surface area contributed by atoms with Crippen LogP contribution in [-0.4, -0.2) is 24.1 Å². The molecule has 5 nitrogen and oxygen atoms in total. The first-order chi connectivity index (χ1) is 9.66. The van der Waals surface area contributed by atoms with Gasteiger partial charge in [0.1, 0.15) is 0 Å². The van der Waals surface area contributed by atoms with Crippen molar-refractivity contribution in [1.82, 2.24) is 10.6 Å². The molecule has 0 spiro atoms. The third kappa shape index (κ3) is 3.91. The predicted octanol–water partition coefficient (Wildman–Crippen LogP) is 0.788. The van der Waals surface area contributed by atoms with E-state index in [0.29, 0.717) is 19.5 Å². The van der Waals surface area contributed by atoms with Crippen molar-refractivity contribution >= 4 is 17.6 Å². The van der Waals surface area contributed by atoms with Crippen LogP contribution in [0.2, 0.25) is 0 Å². The van der Waals surface area contributed by atoms with Gasteiger partial charge in [0, 0.05) is 25.4 Å². The molecule has 2 amide bonds. The fourth-order valence-electron chi connectivity index (χ4n) is 2.22. The molecule has 0 aromatic heterocycles. The first-order valence-corrected chi connectivity index (χ1v) is 6.79. The highest BCUT2D eigenvalue weighted by atomic mass is 16.2. The van der Waals surface area contributed by atoms with Crippen molar-refractivity contribution in [3.8, 4) is 0 Å². The first kappa shape index (κ1) is 14.2. The van der Waals surface area contributed by atoms with Crippen LogP contribution >= 0.6 is 0 Å². The van der Waals surface area contributed by atoms with E-state index in [4.69, 9.17) is 0 Å². The van der Waals surface area contributed by atoms with Crippen LogP contribution in [0.1, 0.15) is 24.8 Å². The number of carbonyl (C=O) groups excluding carboxylic acids is 3. The van der Waals surface area contributed by atoms with Gasteiger partial charge in [-0.05, 0) is 18.4 Å². The Labute approximate surface area is 117 Å². The Morgan fingerprint density at radius 2 is 2.00 bits per heavy atom. The molecule has 0 aliphatic carbocycles. The molecule has 2 N–H and O–H groups in total. The maximum Gasteiger partial charge on any atom is 0.287 e. The summed E-state index contributed by atoms with van der Waals surface area (Å²) in [6.07, 6.45) is 1.32. The first-order valence-electron chi connectivity index (χ1n) is 6.79. The van der Waals surface area contributed by atoms with E-state index in [0.717, 1.165) is 12.0 Å². The van der Waals surface area contributed by atoms with Gasteiger partial charge in [-0.1, -0.05) is 30.3 Å². The number of hydrogen-bond donors (Lipinski definition) is 2. The van der Waals surface area contributed by atoms with Gasteiger partial charge in [0.05, 0.1) is 0 Å². The van der Waals surface area contributed by atoms with Crippen LogP contribution in [0.25, 0.3) is 0 Å². The topological polar surface area (TPSA) is 75.3 Å². The summed E-state index contributed by atoms with van der Waals surface area (Å²) in [5, 5.41) is 5.31. The standard InChI is InChI=1S/C15H18N2O3/c18-13(7-6-12-8-9-16-14(12)19)15(20)17-10-11-4-2-1-3-5-11/h1-5,12H,6-10H2,(H,16,19)(H,17,20)/t12-/m0/s1. The molecular weight excluding hydrogens is 256 g/mol. The molecular formula is C15H18N2O3. The largest absolute Gasteiger partial charge is 0.356 e. The highest BCUT2D eigenvalue weighted by Gasteiger charge is 2.25. The number of amides is 2. The van der Waals surface area contributed by atoms with E-state index in [2.05, 4.69) is 10.6 Å². The third-order valence-electron chi connectivity index (χ3n) is 3.43. The summed E-state index contributed by atoms with van der Waals surface area (Å²) in [5.41, 5.74) is 0.948. The van der Waals surface area contributed by atoms with Gasteiger partial charge in [-0.15, -0.1) is 0 Å². The van der Waals surface area contributed by atoms with Crippen molar-refractivity contribution < 1.29 is 14.4 Å². The lowest BCUT2D eigenvalue weighted by Gasteiger charge is -2.07. The highest BCUT2D eigenvalue weighted by molar-refractivity contribution is 6.36. The zero-order valence-corrected chi connectivity index (χ0v) is 11.2. The van der Waals surface area contributed by atoms with Crippen LogP contribution < -0.4 is 10.6 Å². The Bertz CT molecular complexity index is 499. The average Bonchev–Trinajstić information content (AvgIpc) is 2.88. The van der Waals surface area contributed by atoms with E-state index >= 15 is 0 Å². The van der Waals surface area contributed by atoms with Gasteiger partial charge in [-0.2, -0.15) is 0 Å². The molecule has 0 unspecified atom stereocenters. The molecule has 1 aromatic carbocycles. The van der Waals surface area contributed by atoms with Crippen LogP contribution in [0, 0.1) is 5.92 Å². The fourth-order valence-corrected chi connectivity index (χ4v) is 2.22. The molecule has 1 fully saturated rings. The molecule has 1 heterocycles. The van der Waals surface area contributed by atoms with E-state index in [1.165, 1.54) is 0 Å². The molecule has 106 valence electrons. The van der Waals surface area contributed by atoms with Crippen molar-refractivity contribution in [2.75, 3.05) is 6.54 Å². The van der Waals surface area contributed by atoms with Crippen molar-refractivity contribution in [2.24, 2.45) is 5.92 Å². The second-order valence-corrected chi connectivity index (χ2v) is 4.91. The van der Waals surface area contributed by atoms with Gasteiger partial charge in [-0.3, -0.25) is 14.4 Å². The van der Waals surface area contributed by atoms with Crippen LogP contribution in [-0.2, 0) is 20.9 Å². The van der Waals surface area contributed by atoms with Gasteiger partial charge in [-0.25, -0.2) is 0 Å². The summed E-state index contributed by atoms with van der Waals surface area (Å²) in [4.78, 5) is 34.7. The third-order valence-corrected chi connectivity index (χ3v) is 3.43. The molecule has 0 radical (unpaired) electrons. The Morgan fingerprint density at radius 3 is 2.65 bits per heavy atom. The molecule has 0 bridgehead atoms. The SMILES string of the molecule is O=C(CC[C@H]1CCNC1=O)C(=O)NCc1ccccc1. The Morgan fingerprint density at radius 1 is 1.25 bits per heavy atom. The lowest BCUT2D eigenvalue weighted by atomic mass is 10.00. The summed E-state index contributed by atoms with van der Waals surface area (Å²) < 4.78 is 0. The molecule has 20 heavy (non-hydrogen) atoms. The van der Waals surface area contributed by atoms with E-state index in [-0.39, 0.29) is 18.2 Å². The number of nitrogens with one attached hydrogen (secondary N) is 2. The minimum Gasteiger partial charge on any atom is -0.356 e. The van der Waals surface area contributed by atoms with Gasteiger partial charge >= 0.3 is 0 Å². The number of hydrogen-bond acceptors (Lipinski definition) is 3. The molecule has 1 aliphatic rings. The van der Waals surface area contributed by atoms with Crippen LogP contribution in [0.15, 0.2) is 30.3 Å². The Kier molecular flexibility index (Phi) is 4.87. The summed E-state index contributed by atoms with van der Waals surface area (Å²) in [6.45, 7) is 1.01. The minimum atomic E-state index is -0.577. The van der Waals surface area contributed by atoms with Gasteiger partial charge in [0.2, 0.25) is 11.7 Å². The predicted molar refractivity (Wildman–Crippen MR) is 73.6 cm³/mol. The Balaban J connectivity index is 1.72. The molecule has 2 rings (SSSR count). The second-order valence-electron chi connectivity index (χ2n) is 4.91. The molecule has 1 aromatic rings. The molecule has 1 aliphatic heterocycles. The van der Waals surface area contributed by atoms with Crippen LogP contribution in [0.5, 0.6) is 0 Å². The molecule has 0 saturated carbocycles. The maximum absolute atomic E-state index is 11.7. The normalized spacial score (nSPS) is 17.6. The summed E-state index contributed by atoms with van der Waals surface area (Å²) in [6, 6.07) is 9.41. The maximum atomic E-state index is 11.7. The molecule has 5 heteroatoms. The second kappa shape index (κ2) is 6.84. The summed E-state index contributed by atoms with van der Waals surface area (Å²) in [7, 11) is 0. The number of carbonyl (C=O) groups is 3. The van der Waals surface area contributed by atoms with Crippen molar-refractivity contribution in [3.05, 3.63) is 35.9 Å². The average molecular weight is 274 g/mol. The van der Waals surface area contributed by atoms with Crippen molar-refractivity contribution in [2.45, 2.75) is 25.8 Å². The molecule has 1 atom stereocenters. The number of Topliss-reactive ketones (excluding diaryl/α,β-unsaturated/α-hetero) is 1.